The monoisotopic (exact) mass is 411 g/mol. The van der Waals surface area contributed by atoms with Gasteiger partial charge in [0.25, 0.3) is 0 Å². The van der Waals surface area contributed by atoms with Gasteiger partial charge in [-0.2, -0.15) is 0 Å². The minimum absolute atomic E-state index is 0.0647. The van der Waals surface area contributed by atoms with Crippen molar-refractivity contribution < 1.29 is 19.1 Å². The molecule has 2 aromatic rings. The third-order valence-electron chi connectivity index (χ3n) is 4.28. The van der Waals surface area contributed by atoms with E-state index in [-0.39, 0.29) is 18.2 Å². The lowest BCUT2D eigenvalue weighted by atomic mass is 10.2. The minimum atomic E-state index is -0.522. The zero-order valence-electron chi connectivity index (χ0n) is 16.1. The van der Waals surface area contributed by atoms with E-state index in [1.807, 2.05) is 25.1 Å². The number of nitrogens with zero attached hydrogens (tertiary/aromatic N) is 2. The number of amides is 2. The summed E-state index contributed by atoms with van der Waals surface area (Å²) in [5.41, 5.74) is 1.73. The zero-order chi connectivity index (χ0) is 20.8. The van der Waals surface area contributed by atoms with Crippen molar-refractivity contribution in [1.29, 1.82) is 0 Å². The van der Waals surface area contributed by atoms with Crippen LogP contribution < -0.4 is 5.32 Å². The molecule has 2 amide bonds. The Bertz CT molecular complexity index is 929. The molecule has 0 radical (unpaired) electrons. The first-order valence-electron chi connectivity index (χ1n) is 9.11. The third kappa shape index (κ3) is 5.03. The number of benzene rings is 2. The van der Waals surface area contributed by atoms with Crippen LogP contribution in [0.4, 0.5) is 11.4 Å². The molecule has 1 N–H and O–H groups in total. The van der Waals surface area contributed by atoms with Crippen LogP contribution in [0, 0.1) is 0 Å². The van der Waals surface area contributed by atoms with Crippen LogP contribution in [-0.4, -0.2) is 46.8 Å². The van der Waals surface area contributed by atoms with E-state index < -0.39 is 11.2 Å². The minimum Gasteiger partial charge on any atom is -0.465 e. The lowest BCUT2D eigenvalue weighted by Gasteiger charge is -2.13. The predicted octanol–water partition coefficient (Wildman–Crippen LogP) is 3.45. The van der Waals surface area contributed by atoms with Crippen LogP contribution in [0.5, 0.6) is 0 Å². The fourth-order valence-electron chi connectivity index (χ4n) is 2.82. The second kappa shape index (κ2) is 9.38. The average molecular weight is 411 g/mol. The number of carbonyl (C=O) groups excluding carboxylic acids is 3. The Hall–Kier alpha value is -3.13. The van der Waals surface area contributed by atoms with Crippen molar-refractivity contribution in [3.05, 3.63) is 60.2 Å². The van der Waals surface area contributed by atoms with Crippen molar-refractivity contribution in [2.75, 3.05) is 19.0 Å². The molecule has 1 heterocycles. The van der Waals surface area contributed by atoms with Gasteiger partial charge in [-0.3, -0.25) is 14.5 Å². The molecule has 0 spiro atoms. The highest BCUT2D eigenvalue weighted by Crippen LogP contribution is 2.31. The van der Waals surface area contributed by atoms with Crippen LogP contribution in [-0.2, 0) is 14.3 Å². The molecule has 29 heavy (non-hydrogen) atoms. The molecule has 1 fully saturated rings. The SMILES string of the molecule is CCN1C(=O)[C@@H](CC(=O)Nc2ccccc2)SC1=Nc1ccc(C(=O)OC)cc1. The number of thioether (sulfide) groups is 1. The fraction of sp³-hybridized carbons (Fsp3) is 0.238. The number of carbonyl (C=O) groups is 3. The molecule has 2 aromatic carbocycles. The third-order valence-corrected chi connectivity index (χ3v) is 5.45. The van der Waals surface area contributed by atoms with E-state index in [1.54, 1.807) is 41.3 Å². The van der Waals surface area contributed by atoms with Crippen LogP contribution in [0.15, 0.2) is 59.6 Å². The van der Waals surface area contributed by atoms with Gasteiger partial charge in [-0.1, -0.05) is 30.0 Å². The molecule has 1 aliphatic rings. The van der Waals surface area contributed by atoms with Crippen molar-refractivity contribution >= 4 is 46.1 Å². The van der Waals surface area contributed by atoms with Gasteiger partial charge >= 0.3 is 5.97 Å². The molecule has 0 saturated carbocycles. The van der Waals surface area contributed by atoms with E-state index in [0.717, 1.165) is 0 Å². The maximum atomic E-state index is 12.7. The molecule has 0 aliphatic carbocycles. The maximum Gasteiger partial charge on any atom is 0.337 e. The van der Waals surface area contributed by atoms with Gasteiger partial charge in [0.05, 0.1) is 18.4 Å². The van der Waals surface area contributed by atoms with E-state index >= 15 is 0 Å². The highest BCUT2D eigenvalue weighted by atomic mass is 32.2. The fourth-order valence-corrected chi connectivity index (χ4v) is 4.04. The van der Waals surface area contributed by atoms with Crippen LogP contribution in [0.1, 0.15) is 23.7 Å². The molecule has 1 saturated heterocycles. The normalized spacial score (nSPS) is 17.4. The van der Waals surface area contributed by atoms with Gasteiger partial charge in [0, 0.05) is 18.7 Å². The van der Waals surface area contributed by atoms with Crippen LogP contribution in [0.3, 0.4) is 0 Å². The number of esters is 1. The molecule has 0 aromatic heterocycles. The predicted molar refractivity (Wildman–Crippen MR) is 113 cm³/mol. The highest BCUT2D eigenvalue weighted by Gasteiger charge is 2.38. The van der Waals surface area contributed by atoms with Gasteiger partial charge in [-0.05, 0) is 43.3 Å². The number of methoxy groups -OCH3 is 1. The number of hydrogen-bond acceptors (Lipinski definition) is 6. The second-order valence-electron chi connectivity index (χ2n) is 6.24. The van der Waals surface area contributed by atoms with Crippen LogP contribution in [0.25, 0.3) is 0 Å². The van der Waals surface area contributed by atoms with Crippen molar-refractivity contribution in [1.82, 2.24) is 4.90 Å². The lowest BCUT2D eigenvalue weighted by Crippen LogP contribution is -2.33. The molecule has 3 rings (SSSR count). The summed E-state index contributed by atoms with van der Waals surface area (Å²) in [5, 5.41) is 2.82. The van der Waals surface area contributed by atoms with Crippen molar-refractivity contribution in [2.45, 2.75) is 18.6 Å². The Morgan fingerprint density at radius 1 is 1.14 bits per heavy atom. The summed E-state index contributed by atoms with van der Waals surface area (Å²) in [6, 6.07) is 15.7. The van der Waals surface area contributed by atoms with E-state index in [4.69, 9.17) is 0 Å². The first-order chi connectivity index (χ1) is 14.0. The summed E-state index contributed by atoms with van der Waals surface area (Å²) in [6.07, 6.45) is 0.0647. The lowest BCUT2D eigenvalue weighted by molar-refractivity contribution is -0.128. The van der Waals surface area contributed by atoms with Crippen LogP contribution >= 0.6 is 11.8 Å². The summed E-state index contributed by atoms with van der Waals surface area (Å²) < 4.78 is 4.68. The first-order valence-corrected chi connectivity index (χ1v) is 9.99. The number of rotatable bonds is 6. The van der Waals surface area contributed by atoms with Gasteiger partial charge in [0.1, 0.15) is 5.25 Å². The molecule has 0 unspecified atom stereocenters. The number of ether oxygens (including phenoxy) is 1. The number of nitrogens with one attached hydrogen (secondary N) is 1. The van der Waals surface area contributed by atoms with E-state index in [0.29, 0.717) is 28.7 Å². The number of hydrogen-bond donors (Lipinski definition) is 1. The van der Waals surface area contributed by atoms with Crippen molar-refractivity contribution in [3.63, 3.8) is 0 Å². The topological polar surface area (TPSA) is 88.1 Å². The quantitative estimate of drug-likeness (QED) is 0.736. The number of amidine groups is 1. The zero-order valence-corrected chi connectivity index (χ0v) is 16.9. The average Bonchev–Trinajstić information content (AvgIpc) is 3.02. The van der Waals surface area contributed by atoms with Crippen molar-refractivity contribution in [2.24, 2.45) is 4.99 Å². The Morgan fingerprint density at radius 2 is 1.83 bits per heavy atom. The second-order valence-corrected chi connectivity index (χ2v) is 7.41. The highest BCUT2D eigenvalue weighted by molar-refractivity contribution is 8.15. The largest absolute Gasteiger partial charge is 0.465 e. The maximum absolute atomic E-state index is 12.7. The number of anilines is 1. The number of aliphatic imine (C=N–C) groups is 1. The smallest absolute Gasteiger partial charge is 0.337 e. The first kappa shape index (κ1) is 20.6. The Labute approximate surface area is 173 Å². The van der Waals surface area contributed by atoms with Gasteiger partial charge in [0.2, 0.25) is 11.8 Å². The summed E-state index contributed by atoms with van der Waals surface area (Å²) in [5.74, 6) is -0.776. The van der Waals surface area contributed by atoms with E-state index in [1.165, 1.54) is 18.9 Å². The molecule has 8 heteroatoms. The van der Waals surface area contributed by atoms with Gasteiger partial charge < -0.3 is 10.1 Å². The molecular weight excluding hydrogens is 390 g/mol. The Kier molecular flexibility index (Phi) is 6.66. The molecule has 1 aliphatic heterocycles. The van der Waals surface area contributed by atoms with Gasteiger partial charge in [-0.15, -0.1) is 0 Å². The van der Waals surface area contributed by atoms with Gasteiger partial charge in [0.15, 0.2) is 5.17 Å². The Morgan fingerprint density at radius 3 is 2.45 bits per heavy atom. The van der Waals surface area contributed by atoms with Crippen LogP contribution in [0.2, 0.25) is 0 Å². The summed E-state index contributed by atoms with van der Waals surface area (Å²) >= 11 is 1.27. The molecule has 150 valence electrons. The van der Waals surface area contributed by atoms with E-state index in [9.17, 15) is 14.4 Å². The summed E-state index contributed by atoms with van der Waals surface area (Å²) in [6.45, 7) is 2.32. The van der Waals surface area contributed by atoms with E-state index in [2.05, 4.69) is 15.0 Å². The standard InChI is InChI=1S/C21H21N3O4S/c1-3-24-19(26)17(13-18(25)22-15-7-5-4-6-8-15)29-21(24)23-16-11-9-14(10-12-16)20(27)28-2/h4-12,17H,3,13H2,1-2H3,(H,22,25)/t17-/m1/s1. The molecule has 7 nitrogen and oxygen atoms in total. The molecular formula is C21H21N3O4S. The summed E-state index contributed by atoms with van der Waals surface area (Å²) in [4.78, 5) is 42.6. The Balaban J connectivity index is 1.70. The van der Waals surface area contributed by atoms with Gasteiger partial charge in [-0.25, -0.2) is 9.79 Å². The molecule has 1 atom stereocenters. The molecule has 0 bridgehead atoms. The summed E-state index contributed by atoms with van der Waals surface area (Å²) in [7, 11) is 1.32. The van der Waals surface area contributed by atoms with Crippen molar-refractivity contribution in [3.8, 4) is 0 Å². The number of para-hydroxylation sites is 1.